The average Bonchev–Trinajstić information content (AvgIpc) is 3.09. The van der Waals surface area contributed by atoms with E-state index in [4.69, 9.17) is 19.9 Å². The molecule has 1 atom stereocenters. The maximum absolute atomic E-state index is 4.85. The van der Waals surface area contributed by atoms with Gasteiger partial charge in [0.1, 0.15) is 0 Å². The van der Waals surface area contributed by atoms with Gasteiger partial charge in [-0.15, -0.1) is 0 Å². The van der Waals surface area contributed by atoms with E-state index < -0.39 is 6.17 Å². The van der Waals surface area contributed by atoms with E-state index in [1.165, 1.54) is 16.7 Å². The van der Waals surface area contributed by atoms with Crippen LogP contribution in [0.25, 0.3) is 51.1 Å². The van der Waals surface area contributed by atoms with E-state index in [1.54, 1.807) is 24.8 Å². The van der Waals surface area contributed by atoms with E-state index in [0.717, 1.165) is 33.4 Å². The summed E-state index contributed by atoms with van der Waals surface area (Å²) < 4.78 is 0. The molecule has 7 rings (SSSR count). The number of benzene rings is 3. The highest BCUT2D eigenvalue weighted by Gasteiger charge is 2.24. The zero-order valence-electron chi connectivity index (χ0n) is 26.0. The van der Waals surface area contributed by atoms with Crippen LogP contribution in [-0.4, -0.2) is 53.1 Å². The summed E-state index contributed by atoms with van der Waals surface area (Å²) in [5, 5.41) is 0. The minimum atomic E-state index is -0.492. The number of nitrogens with zero attached hydrogens (tertiary/aromatic N) is 9. The Morgan fingerprint density at radius 2 is 0.891 bits per heavy atom. The van der Waals surface area contributed by atoms with Gasteiger partial charge < -0.3 is 4.90 Å². The average molecular weight is 602 g/mol. The van der Waals surface area contributed by atoms with E-state index in [-0.39, 0.29) is 0 Å². The number of aliphatic imine (C=N–C) groups is 1. The minimum Gasteiger partial charge on any atom is -0.352 e. The Balaban J connectivity index is 1.25. The van der Waals surface area contributed by atoms with Crippen LogP contribution in [0.1, 0.15) is 34.2 Å². The molecule has 0 spiro atoms. The van der Waals surface area contributed by atoms with Gasteiger partial charge in [0.15, 0.2) is 23.6 Å². The van der Waals surface area contributed by atoms with Gasteiger partial charge >= 0.3 is 0 Å². The SMILES string of the molecule is Cc1ccc(C2=CN(C)C(c3nc(-c4ncc(-c5ccc(C)cc5)cn4)nc(-c4ncc(-c5ccc(C)cc5)cn4)n3)N=C2)cc1. The molecule has 0 N–H and O–H groups in total. The molecule has 224 valence electrons. The van der Waals surface area contributed by atoms with E-state index in [2.05, 4.69) is 114 Å². The van der Waals surface area contributed by atoms with Gasteiger partial charge in [0.05, 0.1) is 0 Å². The van der Waals surface area contributed by atoms with Crippen LogP contribution in [0.2, 0.25) is 0 Å². The van der Waals surface area contributed by atoms with Crippen molar-refractivity contribution in [3.8, 4) is 45.6 Å². The normalized spacial score (nSPS) is 14.3. The van der Waals surface area contributed by atoms with E-state index in [0.29, 0.717) is 29.1 Å². The lowest BCUT2D eigenvalue weighted by Crippen LogP contribution is -2.24. The van der Waals surface area contributed by atoms with Crippen LogP contribution in [0.15, 0.2) is 109 Å². The smallest absolute Gasteiger partial charge is 0.201 e. The van der Waals surface area contributed by atoms with Crippen LogP contribution in [0.4, 0.5) is 0 Å². The zero-order valence-corrected chi connectivity index (χ0v) is 26.0. The molecule has 3 aromatic heterocycles. The van der Waals surface area contributed by atoms with Crippen LogP contribution >= 0.6 is 0 Å². The molecule has 9 heteroatoms. The van der Waals surface area contributed by atoms with Crippen molar-refractivity contribution in [3.63, 3.8) is 0 Å². The highest BCUT2D eigenvalue weighted by atomic mass is 15.3. The van der Waals surface area contributed by atoms with Gasteiger partial charge in [-0.2, -0.15) is 0 Å². The van der Waals surface area contributed by atoms with Gasteiger partial charge in [-0.3, -0.25) is 4.99 Å². The molecule has 0 fully saturated rings. The lowest BCUT2D eigenvalue weighted by atomic mass is 10.1. The van der Waals surface area contributed by atoms with Crippen LogP contribution in [0.3, 0.4) is 0 Å². The third-order valence-electron chi connectivity index (χ3n) is 7.83. The molecule has 0 aliphatic carbocycles. The summed E-state index contributed by atoms with van der Waals surface area (Å²) in [6.45, 7) is 6.20. The van der Waals surface area contributed by atoms with Gasteiger partial charge in [0, 0.05) is 60.9 Å². The van der Waals surface area contributed by atoms with Gasteiger partial charge in [-0.05, 0) is 37.5 Å². The molecule has 3 aromatic carbocycles. The number of allylic oxidation sites excluding steroid dienone is 1. The summed E-state index contributed by atoms with van der Waals surface area (Å²) in [4.78, 5) is 39.8. The molecule has 1 aliphatic heterocycles. The minimum absolute atomic E-state index is 0.318. The van der Waals surface area contributed by atoms with E-state index in [9.17, 15) is 0 Å². The Morgan fingerprint density at radius 1 is 0.478 bits per heavy atom. The Morgan fingerprint density at radius 3 is 1.30 bits per heavy atom. The fourth-order valence-electron chi connectivity index (χ4n) is 5.11. The standard InChI is InChI=1S/C37H31N9/c1-23-5-11-26(12-6-23)29-17-38-32(39-18-29)34-43-35(33-40-19-30(20-41-33)27-13-7-24(2)8-14-27)45-36(44-34)37-42-21-31(22-46(37)4)28-15-9-25(3)10-16-28/h5-22,37H,1-4H3. The molecule has 46 heavy (non-hydrogen) atoms. The lowest BCUT2D eigenvalue weighted by molar-refractivity contribution is 0.332. The first-order valence-corrected chi connectivity index (χ1v) is 15.0. The van der Waals surface area contributed by atoms with Crippen LogP contribution in [0.5, 0.6) is 0 Å². The second-order valence-corrected chi connectivity index (χ2v) is 11.4. The largest absolute Gasteiger partial charge is 0.352 e. The Hall–Kier alpha value is -5.96. The molecule has 0 saturated heterocycles. The molecular weight excluding hydrogens is 570 g/mol. The number of hydrogen-bond donors (Lipinski definition) is 0. The first kappa shape index (κ1) is 28.8. The summed E-state index contributed by atoms with van der Waals surface area (Å²) in [6.07, 6.45) is 10.5. The van der Waals surface area contributed by atoms with Crippen molar-refractivity contribution in [1.29, 1.82) is 0 Å². The predicted octanol–water partition coefficient (Wildman–Crippen LogP) is 7.10. The molecule has 0 saturated carbocycles. The molecule has 6 aromatic rings. The monoisotopic (exact) mass is 601 g/mol. The Bertz CT molecular complexity index is 1940. The first-order valence-electron chi connectivity index (χ1n) is 15.0. The summed E-state index contributed by atoms with van der Waals surface area (Å²) in [7, 11) is 1.96. The van der Waals surface area contributed by atoms with Crippen molar-refractivity contribution < 1.29 is 0 Å². The highest BCUT2D eigenvalue weighted by Crippen LogP contribution is 2.29. The van der Waals surface area contributed by atoms with Crippen molar-refractivity contribution in [1.82, 2.24) is 39.8 Å². The number of rotatable bonds is 6. The fourth-order valence-corrected chi connectivity index (χ4v) is 5.11. The van der Waals surface area contributed by atoms with Crippen LogP contribution in [-0.2, 0) is 0 Å². The first-order chi connectivity index (χ1) is 22.4. The highest BCUT2D eigenvalue weighted by molar-refractivity contribution is 6.10. The quantitative estimate of drug-likeness (QED) is 0.199. The predicted molar refractivity (Wildman–Crippen MR) is 180 cm³/mol. The van der Waals surface area contributed by atoms with Crippen molar-refractivity contribution in [3.05, 3.63) is 132 Å². The fraction of sp³-hybridized carbons (Fsp3) is 0.135. The van der Waals surface area contributed by atoms with Gasteiger partial charge in [0.25, 0.3) is 0 Å². The molecule has 0 amide bonds. The molecule has 4 heterocycles. The summed E-state index contributed by atoms with van der Waals surface area (Å²) in [5.74, 6) is 1.82. The number of hydrogen-bond acceptors (Lipinski definition) is 9. The van der Waals surface area contributed by atoms with Crippen LogP contribution < -0.4 is 0 Å². The Kier molecular flexibility index (Phi) is 7.64. The van der Waals surface area contributed by atoms with Gasteiger partial charge in [-0.25, -0.2) is 34.9 Å². The second kappa shape index (κ2) is 12.2. The summed E-state index contributed by atoms with van der Waals surface area (Å²) in [5.41, 5.74) is 9.54. The van der Waals surface area contributed by atoms with Crippen molar-refractivity contribution in [2.75, 3.05) is 7.05 Å². The molecular formula is C37H31N9. The number of aromatic nitrogens is 7. The molecule has 9 nitrogen and oxygen atoms in total. The topological polar surface area (TPSA) is 106 Å². The van der Waals surface area contributed by atoms with Crippen molar-refractivity contribution in [2.45, 2.75) is 26.9 Å². The van der Waals surface area contributed by atoms with Crippen molar-refractivity contribution in [2.24, 2.45) is 4.99 Å². The van der Waals surface area contributed by atoms with Crippen molar-refractivity contribution >= 4 is 11.8 Å². The molecule has 0 bridgehead atoms. The van der Waals surface area contributed by atoms with Gasteiger partial charge in [-0.1, -0.05) is 89.5 Å². The summed E-state index contributed by atoms with van der Waals surface area (Å²) in [6, 6.07) is 24.9. The maximum atomic E-state index is 4.85. The third-order valence-corrected chi connectivity index (χ3v) is 7.83. The molecule has 1 aliphatic rings. The van der Waals surface area contributed by atoms with E-state index >= 15 is 0 Å². The molecule has 1 unspecified atom stereocenters. The molecule has 0 radical (unpaired) electrons. The Labute approximate surface area is 267 Å². The third kappa shape index (κ3) is 6.03. The lowest BCUT2D eigenvalue weighted by Gasteiger charge is -2.26. The zero-order chi connectivity index (χ0) is 31.6. The summed E-state index contributed by atoms with van der Waals surface area (Å²) >= 11 is 0. The van der Waals surface area contributed by atoms with Gasteiger partial charge in [0.2, 0.25) is 11.6 Å². The van der Waals surface area contributed by atoms with Crippen LogP contribution in [0, 0.1) is 20.8 Å². The second-order valence-electron chi connectivity index (χ2n) is 11.4. The number of aryl methyl sites for hydroxylation is 3. The van der Waals surface area contributed by atoms with E-state index in [1.807, 2.05) is 24.4 Å². The maximum Gasteiger partial charge on any atom is 0.201 e.